The van der Waals surface area contributed by atoms with Gasteiger partial charge in [-0.25, -0.2) is 0 Å². The Morgan fingerprint density at radius 3 is 2.38 bits per heavy atom. The zero-order chi connectivity index (χ0) is 16.8. The molecule has 4 nitrogen and oxygen atoms in total. The molecule has 4 heteroatoms. The second-order valence-electron chi connectivity index (χ2n) is 6.37. The van der Waals surface area contributed by atoms with Crippen molar-refractivity contribution in [2.24, 2.45) is 0 Å². The first kappa shape index (κ1) is 16.5. The molecule has 2 aromatic carbocycles. The Morgan fingerprint density at radius 2 is 1.71 bits per heavy atom. The van der Waals surface area contributed by atoms with E-state index in [2.05, 4.69) is 5.32 Å². The second-order valence-corrected chi connectivity index (χ2v) is 6.37. The van der Waals surface area contributed by atoms with Gasteiger partial charge in [0.25, 0.3) is 0 Å². The third kappa shape index (κ3) is 4.34. The molecule has 128 valence electrons. The SMILES string of the molecule is COc1ccc(COc2ccc(NC3CCCCC3)c(N)c2)cc1. The quantitative estimate of drug-likeness (QED) is 0.762. The van der Waals surface area contributed by atoms with Gasteiger partial charge in [0.15, 0.2) is 0 Å². The number of nitrogen functional groups attached to an aromatic ring is 1. The fourth-order valence-electron chi connectivity index (χ4n) is 3.12. The average Bonchev–Trinajstić information content (AvgIpc) is 2.63. The lowest BCUT2D eigenvalue weighted by Crippen LogP contribution is -2.22. The van der Waals surface area contributed by atoms with Gasteiger partial charge in [-0.15, -0.1) is 0 Å². The Labute approximate surface area is 144 Å². The normalized spacial score (nSPS) is 15.0. The number of methoxy groups -OCH3 is 1. The lowest BCUT2D eigenvalue weighted by molar-refractivity contribution is 0.306. The maximum atomic E-state index is 6.19. The van der Waals surface area contributed by atoms with E-state index in [9.17, 15) is 0 Å². The standard InChI is InChI=1S/C20H26N2O2/c1-23-17-9-7-15(8-10-17)14-24-18-11-12-20(19(21)13-18)22-16-5-3-2-4-6-16/h7-13,16,22H,2-6,14,21H2,1H3. The highest BCUT2D eigenvalue weighted by atomic mass is 16.5. The van der Waals surface area contributed by atoms with E-state index in [0.29, 0.717) is 12.6 Å². The van der Waals surface area contributed by atoms with Crippen molar-refractivity contribution < 1.29 is 9.47 Å². The van der Waals surface area contributed by atoms with Crippen molar-refractivity contribution in [3.05, 3.63) is 48.0 Å². The number of nitrogens with two attached hydrogens (primary N) is 1. The minimum absolute atomic E-state index is 0.513. The monoisotopic (exact) mass is 326 g/mol. The summed E-state index contributed by atoms with van der Waals surface area (Å²) in [5.74, 6) is 1.64. The maximum absolute atomic E-state index is 6.19. The number of ether oxygens (including phenoxy) is 2. The molecular formula is C20H26N2O2. The molecule has 0 spiro atoms. The van der Waals surface area contributed by atoms with Gasteiger partial charge < -0.3 is 20.5 Å². The molecule has 0 radical (unpaired) electrons. The van der Waals surface area contributed by atoms with Gasteiger partial charge in [0.1, 0.15) is 18.1 Å². The molecule has 0 saturated heterocycles. The molecule has 24 heavy (non-hydrogen) atoms. The maximum Gasteiger partial charge on any atom is 0.122 e. The summed E-state index contributed by atoms with van der Waals surface area (Å²) in [5, 5.41) is 3.57. The van der Waals surface area contributed by atoms with Crippen LogP contribution in [0.15, 0.2) is 42.5 Å². The van der Waals surface area contributed by atoms with Crippen LogP contribution in [0, 0.1) is 0 Å². The van der Waals surface area contributed by atoms with Crippen LogP contribution in [0.2, 0.25) is 0 Å². The van der Waals surface area contributed by atoms with Gasteiger partial charge >= 0.3 is 0 Å². The van der Waals surface area contributed by atoms with Gasteiger partial charge in [-0.2, -0.15) is 0 Å². The first-order chi connectivity index (χ1) is 11.7. The van der Waals surface area contributed by atoms with Crippen molar-refractivity contribution >= 4 is 11.4 Å². The number of hydrogen-bond acceptors (Lipinski definition) is 4. The zero-order valence-corrected chi connectivity index (χ0v) is 14.3. The third-order valence-electron chi connectivity index (χ3n) is 4.55. The fourth-order valence-corrected chi connectivity index (χ4v) is 3.12. The molecule has 0 aliphatic heterocycles. The predicted octanol–water partition coefficient (Wildman–Crippen LogP) is 4.60. The number of hydrogen-bond donors (Lipinski definition) is 2. The first-order valence-corrected chi connectivity index (χ1v) is 8.66. The van der Waals surface area contributed by atoms with E-state index < -0.39 is 0 Å². The Hall–Kier alpha value is -2.36. The minimum Gasteiger partial charge on any atom is -0.497 e. The largest absolute Gasteiger partial charge is 0.497 e. The summed E-state index contributed by atoms with van der Waals surface area (Å²) in [6, 6.07) is 14.3. The molecule has 0 heterocycles. The van der Waals surface area contributed by atoms with E-state index >= 15 is 0 Å². The van der Waals surface area contributed by atoms with Crippen LogP contribution in [0.25, 0.3) is 0 Å². The molecular weight excluding hydrogens is 300 g/mol. The summed E-state index contributed by atoms with van der Waals surface area (Å²) in [7, 11) is 1.66. The van der Waals surface area contributed by atoms with Gasteiger partial charge in [0.2, 0.25) is 0 Å². The Balaban J connectivity index is 1.57. The van der Waals surface area contributed by atoms with E-state index in [-0.39, 0.29) is 0 Å². The highest BCUT2D eigenvalue weighted by Crippen LogP contribution is 2.28. The van der Waals surface area contributed by atoms with Crippen LogP contribution in [0.1, 0.15) is 37.7 Å². The van der Waals surface area contributed by atoms with Crippen LogP contribution in [0.4, 0.5) is 11.4 Å². The summed E-state index contributed by atoms with van der Waals surface area (Å²) < 4.78 is 11.0. The van der Waals surface area contributed by atoms with Crippen molar-refractivity contribution in [3.8, 4) is 11.5 Å². The van der Waals surface area contributed by atoms with Crippen molar-refractivity contribution in [1.82, 2.24) is 0 Å². The topological polar surface area (TPSA) is 56.5 Å². The molecule has 3 rings (SSSR count). The molecule has 1 saturated carbocycles. The molecule has 0 atom stereocenters. The van der Waals surface area contributed by atoms with Gasteiger partial charge in [0, 0.05) is 12.1 Å². The van der Waals surface area contributed by atoms with Crippen molar-refractivity contribution in [1.29, 1.82) is 0 Å². The third-order valence-corrected chi connectivity index (χ3v) is 4.55. The van der Waals surface area contributed by atoms with Gasteiger partial charge in [-0.1, -0.05) is 31.4 Å². The Bertz CT molecular complexity index is 649. The van der Waals surface area contributed by atoms with E-state index in [4.69, 9.17) is 15.2 Å². The van der Waals surface area contributed by atoms with E-state index in [1.165, 1.54) is 32.1 Å². The molecule has 3 N–H and O–H groups in total. The molecule has 0 amide bonds. The van der Waals surface area contributed by atoms with Crippen molar-refractivity contribution in [2.45, 2.75) is 44.8 Å². The fraction of sp³-hybridized carbons (Fsp3) is 0.400. The zero-order valence-electron chi connectivity index (χ0n) is 14.3. The van der Waals surface area contributed by atoms with Crippen LogP contribution in [0.5, 0.6) is 11.5 Å². The second kappa shape index (κ2) is 7.95. The summed E-state index contributed by atoms with van der Waals surface area (Å²) in [5.41, 5.74) is 9.04. The summed E-state index contributed by atoms with van der Waals surface area (Å²) in [6.45, 7) is 0.513. The molecule has 0 bridgehead atoms. The van der Waals surface area contributed by atoms with E-state index in [0.717, 1.165) is 28.4 Å². The van der Waals surface area contributed by atoms with E-state index in [1.807, 2.05) is 42.5 Å². The minimum atomic E-state index is 0.513. The summed E-state index contributed by atoms with van der Waals surface area (Å²) in [4.78, 5) is 0. The smallest absolute Gasteiger partial charge is 0.122 e. The Kier molecular flexibility index (Phi) is 5.47. The van der Waals surface area contributed by atoms with Crippen LogP contribution >= 0.6 is 0 Å². The predicted molar refractivity (Wildman–Crippen MR) is 98.7 cm³/mol. The van der Waals surface area contributed by atoms with E-state index in [1.54, 1.807) is 7.11 Å². The van der Waals surface area contributed by atoms with Crippen LogP contribution < -0.4 is 20.5 Å². The van der Waals surface area contributed by atoms with Crippen molar-refractivity contribution in [2.75, 3.05) is 18.2 Å². The molecule has 1 aliphatic carbocycles. The van der Waals surface area contributed by atoms with Gasteiger partial charge in [0.05, 0.1) is 18.5 Å². The first-order valence-electron chi connectivity index (χ1n) is 8.66. The molecule has 0 aromatic heterocycles. The van der Waals surface area contributed by atoms with Crippen molar-refractivity contribution in [3.63, 3.8) is 0 Å². The highest BCUT2D eigenvalue weighted by molar-refractivity contribution is 5.68. The number of benzene rings is 2. The van der Waals surface area contributed by atoms with Crippen LogP contribution in [-0.4, -0.2) is 13.2 Å². The molecule has 1 fully saturated rings. The molecule has 1 aliphatic rings. The summed E-state index contributed by atoms with van der Waals surface area (Å²) >= 11 is 0. The average molecular weight is 326 g/mol. The molecule has 0 unspecified atom stereocenters. The Morgan fingerprint density at radius 1 is 1.00 bits per heavy atom. The highest BCUT2D eigenvalue weighted by Gasteiger charge is 2.14. The number of rotatable bonds is 6. The van der Waals surface area contributed by atoms with Gasteiger partial charge in [-0.3, -0.25) is 0 Å². The number of anilines is 2. The van der Waals surface area contributed by atoms with Gasteiger partial charge in [-0.05, 0) is 42.7 Å². The van der Waals surface area contributed by atoms with Crippen LogP contribution in [-0.2, 0) is 6.61 Å². The van der Waals surface area contributed by atoms with Crippen LogP contribution in [0.3, 0.4) is 0 Å². The molecule has 2 aromatic rings. The summed E-state index contributed by atoms with van der Waals surface area (Å²) in [6.07, 6.45) is 6.43. The number of nitrogens with one attached hydrogen (secondary N) is 1. The lowest BCUT2D eigenvalue weighted by Gasteiger charge is -2.24. The lowest BCUT2D eigenvalue weighted by atomic mass is 9.95.